The van der Waals surface area contributed by atoms with Gasteiger partial charge in [0.15, 0.2) is 17.5 Å². The van der Waals surface area contributed by atoms with Crippen LogP contribution in [0.15, 0.2) is 46.9 Å². The lowest BCUT2D eigenvalue weighted by molar-refractivity contribution is -0.139. The average Bonchev–Trinajstić information content (AvgIpc) is 3.32. The van der Waals surface area contributed by atoms with E-state index in [9.17, 15) is 37.8 Å². The Labute approximate surface area is 221 Å². The number of guanidine groups is 1. The molecule has 0 spiro atoms. The monoisotopic (exact) mass is 554 g/mol. The Kier molecular flexibility index (Phi) is 9.56. The SMILES string of the molecule is NC(N)=Nc1cc(C(=O)CCCCC(=O)NC(CC(=O)O)C(O)C2C=CC3=C(C2)OCO3)cc(C(F)(F)F)c1. The number of alkyl halides is 3. The first kappa shape index (κ1) is 29.5. The van der Waals surface area contributed by atoms with Crippen molar-refractivity contribution in [1.29, 1.82) is 0 Å². The third-order valence-corrected chi connectivity index (χ3v) is 6.11. The number of hydrogen-bond acceptors (Lipinski definition) is 7. The summed E-state index contributed by atoms with van der Waals surface area (Å²) >= 11 is 0. The molecule has 1 amide bonds. The Hall–Kier alpha value is -4.07. The molecule has 1 heterocycles. The van der Waals surface area contributed by atoms with Gasteiger partial charge in [-0.1, -0.05) is 6.08 Å². The Morgan fingerprint density at radius 3 is 2.51 bits per heavy atom. The highest BCUT2D eigenvalue weighted by atomic mass is 19.4. The molecule has 3 rings (SSSR count). The second-order valence-corrected chi connectivity index (χ2v) is 9.12. The van der Waals surface area contributed by atoms with Crippen LogP contribution in [0.5, 0.6) is 0 Å². The van der Waals surface area contributed by atoms with E-state index in [0.717, 1.165) is 12.1 Å². The van der Waals surface area contributed by atoms with Gasteiger partial charge in [0.25, 0.3) is 0 Å². The van der Waals surface area contributed by atoms with Crippen LogP contribution >= 0.6 is 0 Å². The maximum atomic E-state index is 13.2. The number of carboxylic acids is 1. The number of nitrogens with one attached hydrogen (secondary N) is 1. The molecule has 2 aliphatic rings. The standard InChI is InChI=1S/C25H29F3N4O7/c26-25(27,28)15-7-14(8-16(10-15)31-24(29)30)18(33)3-1-2-4-21(34)32-17(11-22(35)36)23(37)13-5-6-19-20(9-13)39-12-38-19/h5-8,10,13,17,23,37H,1-4,9,11-12H2,(H,32,34)(H,35,36)(H4,29,30,31). The van der Waals surface area contributed by atoms with Gasteiger partial charge >= 0.3 is 12.1 Å². The zero-order chi connectivity index (χ0) is 28.7. The van der Waals surface area contributed by atoms with Gasteiger partial charge in [0.1, 0.15) is 5.76 Å². The van der Waals surface area contributed by atoms with E-state index in [0.29, 0.717) is 17.6 Å². The lowest BCUT2D eigenvalue weighted by atomic mass is 9.87. The molecule has 0 aromatic heterocycles. The van der Waals surface area contributed by atoms with Gasteiger partial charge in [-0.05, 0) is 37.1 Å². The highest BCUT2D eigenvalue weighted by Gasteiger charge is 2.34. The highest BCUT2D eigenvalue weighted by molar-refractivity contribution is 5.97. The van der Waals surface area contributed by atoms with E-state index in [-0.39, 0.29) is 50.1 Å². The molecule has 7 N–H and O–H groups in total. The maximum absolute atomic E-state index is 13.2. The number of aliphatic carboxylic acids is 1. The van der Waals surface area contributed by atoms with Crippen LogP contribution in [-0.2, 0) is 25.2 Å². The summed E-state index contributed by atoms with van der Waals surface area (Å²) < 4.78 is 50.2. The van der Waals surface area contributed by atoms with Gasteiger partial charge in [-0.25, -0.2) is 4.99 Å². The second kappa shape index (κ2) is 12.7. The summed E-state index contributed by atoms with van der Waals surface area (Å²) in [5.41, 5.74) is 8.95. The number of carboxylic acid groups (broad SMARTS) is 1. The van der Waals surface area contributed by atoms with E-state index in [1.165, 1.54) is 0 Å². The summed E-state index contributed by atoms with van der Waals surface area (Å²) in [5.74, 6) is -2.24. The summed E-state index contributed by atoms with van der Waals surface area (Å²) in [6.07, 6.45) is -2.77. The molecule has 1 aromatic carbocycles. The number of ketones is 1. The molecule has 3 atom stereocenters. The van der Waals surface area contributed by atoms with Crippen molar-refractivity contribution < 1.29 is 47.2 Å². The Balaban J connectivity index is 1.53. The zero-order valence-electron chi connectivity index (χ0n) is 20.7. The molecule has 1 aromatic rings. The number of benzene rings is 1. The fourth-order valence-corrected chi connectivity index (χ4v) is 4.23. The van der Waals surface area contributed by atoms with E-state index in [4.69, 9.17) is 20.9 Å². The van der Waals surface area contributed by atoms with Crippen LogP contribution in [0.1, 0.15) is 54.4 Å². The fourth-order valence-electron chi connectivity index (χ4n) is 4.23. The third-order valence-electron chi connectivity index (χ3n) is 6.11. The predicted octanol–water partition coefficient (Wildman–Crippen LogP) is 2.47. The fraction of sp³-hybridized carbons (Fsp3) is 0.440. The minimum atomic E-state index is -4.72. The van der Waals surface area contributed by atoms with Crippen molar-refractivity contribution in [3.63, 3.8) is 0 Å². The Morgan fingerprint density at radius 1 is 1.13 bits per heavy atom. The summed E-state index contributed by atoms with van der Waals surface area (Å²) in [6.45, 7) is 0.0564. The van der Waals surface area contributed by atoms with Gasteiger partial charge in [-0.3, -0.25) is 14.4 Å². The highest BCUT2D eigenvalue weighted by Crippen LogP contribution is 2.34. The van der Waals surface area contributed by atoms with Crippen molar-refractivity contribution in [3.8, 4) is 0 Å². The molecule has 0 radical (unpaired) electrons. The van der Waals surface area contributed by atoms with Gasteiger partial charge < -0.3 is 36.5 Å². The number of rotatable bonds is 12. The van der Waals surface area contributed by atoms with Crippen LogP contribution in [0.4, 0.5) is 18.9 Å². The number of hydrogen-bond donors (Lipinski definition) is 5. The largest absolute Gasteiger partial charge is 0.481 e. The molecule has 1 aliphatic carbocycles. The van der Waals surface area contributed by atoms with Gasteiger partial charge in [0, 0.05) is 30.7 Å². The molecule has 0 bridgehead atoms. The van der Waals surface area contributed by atoms with E-state index in [1.54, 1.807) is 12.2 Å². The number of aliphatic hydroxyl groups is 1. The van der Waals surface area contributed by atoms with Gasteiger partial charge in [-0.15, -0.1) is 0 Å². The molecule has 0 saturated carbocycles. The smallest absolute Gasteiger partial charge is 0.416 e. The quantitative estimate of drug-likeness (QED) is 0.112. The first-order valence-electron chi connectivity index (χ1n) is 12.0. The first-order valence-corrected chi connectivity index (χ1v) is 12.0. The van der Waals surface area contributed by atoms with E-state index in [1.807, 2.05) is 0 Å². The molecule has 39 heavy (non-hydrogen) atoms. The molecule has 0 fully saturated rings. The van der Waals surface area contributed by atoms with Gasteiger partial charge in [-0.2, -0.15) is 13.2 Å². The van der Waals surface area contributed by atoms with Gasteiger partial charge in [0.05, 0.1) is 29.8 Å². The van der Waals surface area contributed by atoms with Crippen molar-refractivity contribution in [2.24, 2.45) is 22.4 Å². The number of carbonyl (C=O) groups is 3. The molecule has 0 saturated heterocycles. The molecule has 14 heteroatoms. The lowest BCUT2D eigenvalue weighted by Gasteiger charge is -2.29. The molecular formula is C25H29F3N4O7. The molecule has 212 valence electrons. The summed E-state index contributed by atoms with van der Waals surface area (Å²) in [4.78, 5) is 40.0. The van der Waals surface area contributed by atoms with Crippen molar-refractivity contribution in [3.05, 3.63) is 53.0 Å². The molecule has 1 aliphatic heterocycles. The Bertz CT molecular complexity index is 1190. The van der Waals surface area contributed by atoms with Crippen LogP contribution in [0.25, 0.3) is 0 Å². The number of amides is 1. The van der Waals surface area contributed by atoms with Crippen molar-refractivity contribution in [2.45, 2.75) is 56.8 Å². The molecular weight excluding hydrogens is 525 g/mol. The number of allylic oxidation sites excluding steroid dienone is 2. The molecule has 11 nitrogen and oxygen atoms in total. The average molecular weight is 555 g/mol. The Morgan fingerprint density at radius 2 is 1.85 bits per heavy atom. The summed E-state index contributed by atoms with van der Waals surface area (Å²) in [6, 6.07) is 1.48. The summed E-state index contributed by atoms with van der Waals surface area (Å²) in [5, 5.41) is 22.6. The first-order chi connectivity index (χ1) is 18.3. The minimum absolute atomic E-state index is 0.0564. The lowest BCUT2D eigenvalue weighted by Crippen LogP contribution is -2.47. The molecule has 3 unspecified atom stereocenters. The number of nitrogens with two attached hydrogens (primary N) is 2. The normalized spacial score (nSPS) is 17.9. The van der Waals surface area contributed by atoms with Crippen molar-refractivity contribution in [2.75, 3.05) is 6.79 Å². The van der Waals surface area contributed by atoms with Crippen molar-refractivity contribution >= 4 is 29.3 Å². The van der Waals surface area contributed by atoms with Crippen LogP contribution in [-0.4, -0.2) is 52.8 Å². The van der Waals surface area contributed by atoms with Crippen LogP contribution in [0.2, 0.25) is 0 Å². The van der Waals surface area contributed by atoms with Crippen LogP contribution in [0.3, 0.4) is 0 Å². The predicted molar refractivity (Wildman–Crippen MR) is 131 cm³/mol. The number of unbranched alkanes of at least 4 members (excludes halogenated alkanes) is 1. The number of carbonyl (C=O) groups excluding carboxylic acids is 2. The second-order valence-electron chi connectivity index (χ2n) is 9.12. The number of aliphatic imine (C=N–C) groups is 1. The topological polar surface area (TPSA) is 187 Å². The number of nitrogens with zero attached hydrogens (tertiary/aromatic N) is 1. The maximum Gasteiger partial charge on any atom is 0.416 e. The summed E-state index contributed by atoms with van der Waals surface area (Å²) in [7, 11) is 0. The number of Topliss-reactive ketones (excluding diaryl/α,β-unsaturated/α-hetero) is 1. The minimum Gasteiger partial charge on any atom is -0.481 e. The van der Waals surface area contributed by atoms with Crippen molar-refractivity contribution in [1.82, 2.24) is 5.32 Å². The van der Waals surface area contributed by atoms with E-state index < -0.39 is 59.8 Å². The number of ether oxygens (including phenoxy) is 2. The number of halogens is 3. The third kappa shape index (κ3) is 8.46. The van der Waals surface area contributed by atoms with Crippen LogP contribution < -0.4 is 16.8 Å². The van der Waals surface area contributed by atoms with Gasteiger partial charge in [0.2, 0.25) is 12.7 Å². The van der Waals surface area contributed by atoms with E-state index in [2.05, 4.69) is 10.3 Å². The zero-order valence-corrected chi connectivity index (χ0v) is 20.7. The number of aliphatic hydroxyl groups excluding tert-OH is 1. The van der Waals surface area contributed by atoms with E-state index >= 15 is 0 Å². The van der Waals surface area contributed by atoms with Crippen LogP contribution in [0, 0.1) is 5.92 Å².